The molecule has 0 N–H and O–H groups in total. The van der Waals surface area contributed by atoms with Crippen molar-refractivity contribution >= 4 is 21.7 Å². The van der Waals surface area contributed by atoms with Crippen LogP contribution in [0.4, 0.5) is 5.69 Å². The first-order valence-corrected chi connectivity index (χ1v) is 8.16. The van der Waals surface area contributed by atoms with Crippen molar-refractivity contribution in [2.45, 2.75) is 30.2 Å². The Balaban J connectivity index is 2.49. The van der Waals surface area contributed by atoms with Gasteiger partial charge >= 0.3 is 5.97 Å². The van der Waals surface area contributed by atoms with Gasteiger partial charge in [-0.05, 0) is 25.3 Å². The van der Waals surface area contributed by atoms with Gasteiger partial charge in [0.1, 0.15) is 6.04 Å². The van der Waals surface area contributed by atoms with E-state index in [9.17, 15) is 23.3 Å². The van der Waals surface area contributed by atoms with Gasteiger partial charge in [-0.15, -0.1) is 0 Å². The fourth-order valence-electron chi connectivity index (χ4n) is 2.52. The second-order valence-electron chi connectivity index (χ2n) is 4.88. The van der Waals surface area contributed by atoms with Crippen molar-refractivity contribution in [3.63, 3.8) is 0 Å². The van der Waals surface area contributed by atoms with Gasteiger partial charge in [-0.1, -0.05) is 12.1 Å². The van der Waals surface area contributed by atoms with E-state index in [-0.39, 0.29) is 6.54 Å². The molecule has 2 rings (SSSR count). The zero-order chi connectivity index (χ0) is 16.3. The molecule has 120 valence electrons. The summed E-state index contributed by atoms with van der Waals surface area (Å²) in [7, 11) is -2.96. The van der Waals surface area contributed by atoms with Crippen LogP contribution in [0.5, 0.6) is 0 Å². The van der Waals surface area contributed by atoms with E-state index in [2.05, 4.69) is 4.74 Å². The van der Waals surface area contributed by atoms with Gasteiger partial charge < -0.3 is 4.74 Å². The van der Waals surface area contributed by atoms with Crippen molar-refractivity contribution in [2.75, 3.05) is 13.7 Å². The maximum absolute atomic E-state index is 12.8. The topological polar surface area (TPSA) is 107 Å². The number of carbonyl (C=O) groups excluding carboxylic acids is 1. The highest BCUT2D eigenvalue weighted by Gasteiger charge is 2.40. The van der Waals surface area contributed by atoms with Gasteiger partial charge in [0.15, 0.2) is 4.90 Å². The average molecular weight is 328 g/mol. The minimum Gasteiger partial charge on any atom is -0.468 e. The number of ether oxygens (including phenoxy) is 1. The zero-order valence-corrected chi connectivity index (χ0v) is 12.8. The molecule has 0 saturated carbocycles. The lowest BCUT2D eigenvalue weighted by Gasteiger charge is -2.32. The smallest absolute Gasteiger partial charge is 0.324 e. The highest BCUT2D eigenvalue weighted by atomic mass is 32.2. The molecule has 0 radical (unpaired) electrons. The molecule has 1 atom stereocenters. The van der Waals surface area contributed by atoms with E-state index in [1.54, 1.807) is 0 Å². The van der Waals surface area contributed by atoms with Crippen LogP contribution in [0.3, 0.4) is 0 Å². The number of esters is 1. The first-order valence-electron chi connectivity index (χ1n) is 6.72. The number of sulfonamides is 1. The molecule has 1 aliphatic heterocycles. The van der Waals surface area contributed by atoms with E-state index < -0.39 is 37.5 Å². The number of nitrogens with zero attached hydrogens (tertiary/aromatic N) is 2. The molecule has 1 aliphatic rings. The van der Waals surface area contributed by atoms with Crippen LogP contribution >= 0.6 is 0 Å². The summed E-state index contributed by atoms with van der Waals surface area (Å²) in [5.74, 6) is -0.651. The molecule has 1 heterocycles. The summed E-state index contributed by atoms with van der Waals surface area (Å²) in [5.41, 5.74) is -0.503. The number of nitro groups is 1. The number of nitro benzene ring substituents is 1. The van der Waals surface area contributed by atoms with Gasteiger partial charge in [0.05, 0.1) is 12.0 Å². The Morgan fingerprint density at radius 1 is 1.36 bits per heavy atom. The number of methoxy groups -OCH3 is 1. The van der Waals surface area contributed by atoms with Crippen LogP contribution in [0.2, 0.25) is 0 Å². The van der Waals surface area contributed by atoms with E-state index in [0.717, 1.165) is 10.4 Å². The molecule has 8 nitrogen and oxygen atoms in total. The molecule has 0 aromatic heterocycles. The minimum absolute atomic E-state index is 0.133. The Labute approximate surface area is 127 Å². The van der Waals surface area contributed by atoms with Crippen LogP contribution in [0, 0.1) is 10.1 Å². The fourth-order valence-corrected chi connectivity index (χ4v) is 4.32. The standard InChI is InChI=1S/C13H16N2O6S/c1-21-13(16)11-7-4-5-9-14(11)22(19,20)12-8-3-2-6-10(12)15(17)18/h2-3,6,8,11H,4-5,7,9H2,1H3. The van der Waals surface area contributed by atoms with Crippen molar-refractivity contribution in [3.8, 4) is 0 Å². The van der Waals surface area contributed by atoms with Crippen LogP contribution in [0.1, 0.15) is 19.3 Å². The third-order valence-electron chi connectivity index (χ3n) is 3.58. The molecule has 0 spiro atoms. The van der Waals surface area contributed by atoms with Crippen molar-refractivity contribution in [1.29, 1.82) is 0 Å². The number of piperidine rings is 1. The summed E-state index contributed by atoms with van der Waals surface area (Å²) in [4.78, 5) is 21.7. The lowest BCUT2D eigenvalue weighted by Crippen LogP contribution is -2.48. The van der Waals surface area contributed by atoms with Gasteiger partial charge in [-0.3, -0.25) is 14.9 Å². The van der Waals surface area contributed by atoms with E-state index >= 15 is 0 Å². The molecule has 0 bridgehead atoms. The lowest BCUT2D eigenvalue weighted by atomic mass is 10.1. The van der Waals surface area contributed by atoms with Gasteiger partial charge in [0, 0.05) is 12.6 Å². The third-order valence-corrected chi connectivity index (χ3v) is 5.53. The van der Waals surface area contributed by atoms with Crippen molar-refractivity contribution in [1.82, 2.24) is 4.31 Å². The third kappa shape index (κ3) is 2.95. The van der Waals surface area contributed by atoms with Gasteiger partial charge in [0.2, 0.25) is 0 Å². The lowest BCUT2D eigenvalue weighted by molar-refractivity contribution is -0.387. The largest absolute Gasteiger partial charge is 0.468 e. The predicted molar refractivity (Wildman–Crippen MR) is 76.6 cm³/mol. The number of hydrogen-bond acceptors (Lipinski definition) is 6. The molecule has 22 heavy (non-hydrogen) atoms. The normalized spacial score (nSPS) is 19.6. The maximum Gasteiger partial charge on any atom is 0.324 e. The summed E-state index contributed by atoms with van der Waals surface area (Å²) >= 11 is 0. The number of hydrogen-bond donors (Lipinski definition) is 0. The van der Waals surface area contributed by atoms with Crippen molar-refractivity contribution in [2.24, 2.45) is 0 Å². The quantitative estimate of drug-likeness (QED) is 0.468. The minimum atomic E-state index is -4.15. The number of benzene rings is 1. The Kier molecular flexibility index (Phi) is 4.77. The molecule has 1 saturated heterocycles. The number of para-hydroxylation sites is 1. The maximum atomic E-state index is 12.8. The second-order valence-corrected chi connectivity index (χ2v) is 6.73. The molecular formula is C13H16N2O6S. The molecule has 0 aliphatic carbocycles. The highest BCUT2D eigenvalue weighted by molar-refractivity contribution is 7.89. The molecular weight excluding hydrogens is 312 g/mol. The SMILES string of the molecule is COC(=O)C1CCCCN1S(=O)(=O)c1ccccc1[N+](=O)[O-]. The molecule has 1 aromatic carbocycles. The van der Waals surface area contributed by atoms with Crippen LogP contribution < -0.4 is 0 Å². The van der Waals surface area contributed by atoms with Gasteiger partial charge in [0.25, 0.3) is 15.7 Å². The van der Waals surface area contributed by atoms with Gasteiger partial charge in [-0.25, -0.2) is 8.42 Å². The highest BCUT2D eigenvalue weighted by Crippen LogP contribution is 2.30. The Morgan fingerprint density at radius 3 is 2.68 bits per heavy atom. The summed E-state index contributed by atoms with van der Waals surface area (Å²) in [5, 5.41) is 11.1. The van der Waals surface area contributed by atoms with Crippen molar-refractivity contribution < 1.29 is 22.9 Å². The van der Waals surface area contributed by atoms with Crippen LogP contribution in [0.25, 0.3) is 0 Å². The summed E-state index contributed by atoms with van der Waals surface area (Å²) in [6, 6.07) is 4.17. The molecule has 1 unspecified atom stereocenters. The Hall–Kier alpha value is -2.00. The molecule has 9 heteroatoms. The Bertz CT molecular complexity index is 688. The van der Waals surface area contributed by atoms with E-state index in [4.69, 9.17) is 0 Å². The summed E-state index contributed by atoms with van der Waals surface area (Å²) < 4.78 is 31.2. The van der Waals surface area contributed by atoms with E-state index in [1.165, 1.54) is 25.3 Å². The fraction of sp³-hybridized carbons (Fsp3) is 0.462. The Morgan fingerprint density at radius 2 is 2.05 bits per heavy atom. The van der Waals surface area contributed by atoms with E-state index in [0.29, 0.717) is 19.3 Å². The van der Waals surface area contributed by atoms with Crippen LogP contribution in [-0.2, 0) is 19.6 Å². The monoisotopic (exact) mass is 328 g/mol. The van der Waals surface area contributed by atoms with Crippen LogP contribution in [-0.4, -0.2) is 43.3 Å². The van der Waals surface area contributed by atoms with Crippen molar-refractivity contribution in [3.05, 3.63) is 34.4 Å². The van der Waals surface area contributed by atoms with E-state index in [1.807, 2.05) is 0 Å². The summed E-state index contributed by atoms with van der Waals surface area (Å²) in [6.07, 6.45) is 1.63. The van der Waals surface area contributed by atoms with Crippen LogP contribution in [0.15, 0.2) is 29.2 Å². The first-order chi connectivity index (χ1) is 10.4. The average Bonchev–Trinajstić information content (AvgIpc) is 2.54. The first kappa shape index (κ1) is 16.4. The molecule has 1 fully saturated rings. The molecule has 0 amide bonds. The van der Waals surface area contributed by atoms with Gasteiger partial charge in [-0.2, -0.15) is 4.31 Å². The summed E-state index contributed by atoms with van der Waals surface area (Å²) in [6.45, 7) is 0.133. The number of rotatable bonds is 4. The second kappa shape index (κ2) is 6.41. The zero-order valence-electron chi connectivity index (χ0n) is 12.0. The number of carbonyl (C=O) groups is 1. The molecule has 1 aromatic rings. The predicted octanol–water partition coefficient (Wildman–Crippen LogP) is 1.31.